The molecule has 0 amide bonds. The van der Waals surface area contributed by atoms with Crippen molar-refractivity contribution in [1.29, 1.82) is 0 Å². The molecule has 1 aromatic heterocycles. The minimum absolute atomic E-state index is 0.375. The molecule has 0 spiro atoms. The Morgan fingerprint density at radius 2 is 2.05 bits per heavy atom. The van der Waals surface area contributed by atoms with Gasteiger partial charge in [-0.1, -0.05) is 13.3 Å². The zero-order valence-electron chi connectivity index (χ0n) is 11.9. The maximum absolute atomic E-state index is 6.02. The van der Waals surface area contributed by atoms with Gasteiger partial charge in [0.2, 0.25) is 0 Å². The lowest BCUT2D eigenvalue weighted by Crippen LogP contribution is -2.40. The van der Waals surface area contributed by atoms with Gasteiger partial charge >= 0.3 is 0 Å². The largest absolute Gasteiger partial charge is 0.329 e. The van der Waals surface area contributed by atoms with Crippen LogP contribution in [0.2, 0.25) is 0 Å². The number of thiophene rings is 1. The molecular weight excluding hydrogens is 320 g/mol. The van der Waals surface area contributed by atoms with Crippen LogP contribution in [0.5, 0.6) is 0 Å². The van der Waals surface area contributed by atoms with Crippen LogP contribution in [0.25, 0.3) is 0 Å². The van der Waals surface area contributed by atoms with Gasteiger partial charge in [-0.05, 0) is 66.7 Å². The second-order valence-corrected chi connectivity index (χ2v) is 8.14. The van der Waals surface area contributed by atoms with Gasteiger partial charge in [-0.25, -0.2) is 0 Å². The zero-order valence-corrected chi connectivity index (χ0v) is 14.3. The summed E-state index contributed by atoms with van der Waals surface area (Å²) in [6.07, 6.45) is 6.78. The smallest absolute Gasteiger partial charge is 0.0702 e. The van der Waals surface area contributed by atoms with Crippen LogP contribution in [0.1, 0.15) is 49.9 Å². The summed E-state index contributed by atoms with van der Waals surface area (Å²) in [7, 11) is 2.25. The van der Waals surface area contributed by atoms with Gasteiger partial charge in [-0.15, -0.1) is 11.3 Å². The number of hydrogen-bond donors (Lipinski definition) is 1. The summed E-state index contributed by atoms with van der Waals surface area (Å²) in [6, 6.07) is 5.42. The Kier molecular flexibility index (Phi) is 5.87. The van der Waals surface area contributed by atoms with E-state index in [1.807, 2.05) is 11.3 Å². The summed E-state index contributed by atoms with van der Waals surface area (Å²) >= 11 is 5.36. The highest BCUT2D eigenvalue weighted by molar-refractivity contribution is 9.11. The number of rotatable bonds is 5. The molecule has 108 valence electrons. The van der Waals surface area contributed by atoms with Crippen LogP contribution in [0.4, 0.5) is 0 Å². The third kappa shape index (κ3) is 3.81. The van der Waals surface area contributed by atoms with E-state index in [-0.39, 0.29) is 0 Å². The molecule has 0 aliphatic heterocycles. The van der Waals surface area contributed by atoms with E-state index in [0.717, 1.165) is 5.92 Å². The van der Waals surface area contributed by atoms with Crippen molar-refractivity contribution < 1.29 is 0 Å². The first-order valence-corrected chi connectivity index (χ1v) is 8.93. The van der Waals surface area contributed by atoms with Crippen molar-refractivity contribution in [2.45, 2.75) is 51.1 Å². The summed E-state index contributed by atoms with van der Waals surface area (Å²) < 4.78 is 1.20. The van der Waals surface area contributed by atoms with Gasteiger partial charge in [0.15, 0.2) is 0 Å². The molecule has 1 aliphatic carbocycles. The average molecular weight is 345 g/mol. The number of nitrogens with zero attached hydrogens (tertiary/aromatic N) is 1. The van der Waals surface area contributed by atoms with Crippen molar-refractivity contribution in [2.75, 3.05) is 13.6 Å². The van der Waals surface area contributed by atoms with E-state index in [1.54, 1.807) is 0 Å². The van der Waals surface area contributed by atoms with Crippen molar-refractivity contribution >= 4 is 27.3 Å². The van der Waals surface area contributed by atoms with Crippen molar-refractivity contribution in [3.05, 3.63) is 20.8 Å². The fourth-order valence-electron chi connectivity index (χ4n) is 3.21. The lowest BCUT2D eigenvalue weighted by molar-refractivity contribution is 0.123. The Bertz CT molecular complexity index is 385. The van der Waals surface area contributed by atoms with E-state index >= 15 is 0 Å². The molecule has 2 N–H and O–H groups in total. The van der Waals surface area contributed by atoms with Crippen LogP contribution >= 0.6 is 27.3 Å². The van der Waals surface area contributed by atoms with Gasteiger partial charge in [0.25, 0.3) is 0 Å². The number of nitrogens with two attached hydrogens (primary N) is 1. The highest BCUT2D eigenvalue weighted by Gasteiger charge is 2.28. The summed E-state index contributed by atoms with van der Waals surface area (Å²) in [4.78, 5) is 3.90. The number of hydrogen-bond acceptors (Lipinski definition) is 3. The van der Waals surface area contributed by atoms with Gasteiger partial charge < -0.3 is 5.73 Å². The molecule has 2 rings (SSSR count). The lowest BCUT2D eigenvalue weighted by Gasteiger charge is -2.38. The highest BCUT2D eigenvalue weighted by atomic mass is 79.9. The quantitative estimate of drug-likeness (QED) is 0.856. The molecule has 0 saturated heterocycles. The van der Waals surface area contributed by atoms with E-state index in [4.69, 9.17) is 5.73 Å². The van der Waals surface area contributed by atoms with E-state index < -0.39 is 0 Å². The second kappa shape index (κ2) is 7.21. The first-order valence-electron chi connectivity index (χ1n) is 7.33. The molecule has 2 nitrogen and oxygen atoms in total. The molecule has 19 heavy (non-hydrogen) atoms. The molecule has 1 aromatic rings. The van der Waals surface area contributed by atoms with Crippen molar-refractivity contribution in [2.24, 2.45) is 11.7 Å². The number of likely N-dealkylation sites (N-methyl/N-ethyl adjacent to an activating group) is 1. The minimum Gasteiger partial charge on any atom is -0.329 e. The Balaban J connectivity index is 1.99. The standard InChI is InChI=1S/C15H25BrN2S/c1-3-11-4-6-12(7-5-11)18(2)13(10-17)14-8-9-15(16)19-14/h8-9,11-13H,3-7,10,17H2,1-2H3. The van der Waals surface area contributed by atoms with Gasteiger partial charge in [0.1, 0.15) is 0 Å². The van der Waals surface area contributed by atoms with Crippen molar-refractivity contribution in [1.82, 2.24) is 4.90 Å². The van der Waals surface area contributed by atoms with Gasteiger partial charge in [0.05, 0.1) is 9.83 Å². The third-order valence-corrected chi connectivity index (χ3v) is 6.33. The molecule has 1 aliphatic rings. The molecule has 0 aromatic carbocycles. The fourth-order valence-corrected chi connectivity index (χ4v) is 4.79. The minimum atomic E-state index is 0.375. The Labute approximate surface area is 129 Å². The number of halogens is 1. The molecule has 1 saturated carbocycles. The van der Waals surface area contributed by atoms with Gasteiger partial charge in [-0.3, -0.25) is 4.90 Å². The SMILES string of the molecule is CCC1CCC(N(C)C(CN)c2ccc(Br)s2)CC1. The Morgan fingerprint density at radius 3 is 2.53 bits per heavy atom. The molecule has 1 fully saturated rings. The maximum atomic E-state index is 6.02. The molecule has 0 radical (unpaired) electrons. The molecule has 1 unspecified atom stereocenters. The summed E-state index contributed by atoms with van der Waals surface area (Å²) in [5.41, 5.74) is 6.02. The summed E-state index contributed by atoms with van der Waals surface area (Å²) in [5, 5.41) is 0. The normalized spacial score (nSPS) is 25.7. The van der Waals surface area contributed by atoms with Crippen LogP contribution in [-0.2, 0) is 0 Å². The van der Waals surface area contributed by atoms with Crippen LogP contribution in [0.15, 0.2) is 15.9 Å². The zero-order chi connectivity index (χ0) is 13.8. The van der Waals surface area contributed by atoms with Crippen molar-refractivity contribution in [3.8, 4) is 0 Å². The molecule has 1 atom stereocenters. The van der Waals surface area contributed by atoms with Gasteiger partial charge in [-0.2, -0.15) is 0 Å². The monoisotopic (exact) mass is 344 g/mol. The van der Waals surface area contributed by atoms with Crippen LogP contribution in [0.3, 0.4) is 0 Å². The fraction of sp³-hybridized carbons (Fsp3) is 0.733. The van der Waals surface area contributed by atoms with E-state index in [1.165, 1.54) is 40.8 Å². The first kappa shape index (κ1) is 15.5. The Hall–Kier alpha value is 0.1000. The van der Waals surface area contributed by atoms with Crippen LogP contribution < -0.4 is 5.73 Å². The molecule has 1 heterocycles. The van der Waals surface area contributed by atoms with E-state index in [0.29, 0.717) is 18.6 Å². The third-order valence-electron chi connectivity index (χ3n) is 4.61. The van der Waals surface area contributed by atoms with Gasteiger partial charge in [0, 0.05) is 17.5 Å². The second-order valence-electron chi connectivity index (χ2n) is 5.64. The van der Waals surface area contributed by atoms with Crippen LogP contribution in [0, 0.1) is 5.92 Å². The van der Waals surface area contributed by atoms with E-state index in [9.17, 15) is 0 Å². The van der Waals surface area contributed by atoms with Crippen molar-refractivity contribution in [3.63, 3.8) is 0 Å². The predicted octanol–water partition coefficient (Wildman–Crippen LogP) is 4.41. The highest BCUT2D eigenvalue weighted by Crippen LogP contribution is 2.35. The average Bonchev–Trinajstić information content (AvgIpc) is 2.86. The molecular formula is C15H25BrN2S. The predicted molar refractivity (Wildman–Crippen MR) is 87.6 cm³/mol. The van der Waals surface area contributed by atoms with Crippen LogP contribution in [-0.4, -0.2) is 24.5 Å². The molecule has 0 bridgehead atoms. The summed E-state index contributed by atoms with van der Waals surface area (Å²) in [6.45, 7) is 3.03. The summed E-state index contributed by atoms with van der Waals surface area (Å²) in [5.74, 6) is 0.955. The Morgan fingerprint density at radius 1 is 1.37 bits per heavy atom. The maximum Gasteiger partial charge on any atom is 0.0702 e. The first-order chi connectivity index (χ1) is 9.15. The molecule has 4 heteroatoms. The topological polar surface area (TPSA) is 29.3 Å². The van der Waals surface area contributed by atoms with E-state index in [2.05, 4.69) is 46.9 Å². The lowest BCUT2D eigenvalue weighted by atomic mass is 9.83.